The molecule has 22 heteroatoms. The Balaban J connectivity index is 0.00000364. The normalized spacial score (nSPS) is 13.6. The number of rotatable bonds is 16. The maximum absolute atomic E-state index is 14.2. The number of imide groups is 3. The van der Waals surface area contributed by atoms with E-state index in [0.29, 0.717) is 59.2 Å². The van der Waals surface area contributed by atoms with Crippen LogP contribution in [0.15, 0.2) is 109 Å². The van der Waals surface area contributed by atoms with E-state index in [9.17, 15) is 48.5 Å². The smallest absolute Gasteiger partial charge is 0.270 e. The van der Waals surface area contributed by atoms with Gasteiger partial charge in [0, 0.05) is 140 Å². The molecule has 376 valence electrons. The van der Waals surface area contributed by atoms with Crippen molar-refractivity contribution in [2.45, 2.75) is 0 Å². The molecule has 0 aliphatic carbocycles. The van der Waals surface area contributed by atoms with Gasteiger partial charge >= 0.3 is 0 Å². The molecule has 3 aliphatic rings. The molecule has 0 atom stereocenters. The quantitative estimate of drug-likeness (QED) is 0.0325. The first-order chi connectivity index (χ1) is 34.7. The molecule has 3 heterocycles. The molecule has 0 saturated carbocycles. The molecule has 4 N–H and O–H groups in total. The van der Waals surface area contributed by atoms with E-state index in [2.05, 4.69) is 21.3 Å². The van der Waals surface area contributed by atoms with Gasteiger partial charge in [-0.15, -0.1) is 24.8 Å². The maximum atomic E-state index is 14.2. The average Bonchev–Trinajstić information content (AvgIpc) is 3.38. The second kappa shape index (κ2) is 21.3. The van der Waals surface area contributed by atoms with Crippen molar-refractivity contribution >= 4 is 139 Å². The van der Waals surface area contributed by atoms with E-state index in [1.165, 1.54) is 36.4 Å². The highest BCUT2D eigenvalue weighted by Crippen LogP contribution is 2.38. The molecule has 0 bridgehead atoms. The molecule has 0 radical (unpaired) electrons. The van der Waals surface area contributed by atoms with E-state index in [0.717, 1.165) is 20.8 Å². The summed E-state index contributed by atoms with van der Waals surface area (Å²) in [5, 5.41) is 27.2. The zero-order valence-electron chi connectivity index (χ0n) is 38.5. The van der Waals surface area contributed by atoms with Gasteiger partial charge < -0.3 is 21.3 Å². The van der Waals surface area contributed by atoms with Gasteiger partial charge in [-0.25, -0.2) is 4.90 Å². The first-order valence-corrected chi connectivity index (χ1v) is 23.4. The van der Waals surface area contributed by atoms with Crippen molar-refractivity contribution in [2.75, 3.05) is 57.3 Å². The fraction of sp³-hybridized carbons (Fsp3) is 0.154. The third-order valence-corrected chi connectivity index (χ3v) is 13.5. The molecule has 0 saturated heterocycles. The van der Waals surface area contributed by atoms with Gasteiger partial charge in [0.25, 0.3) is 52.9 Å². The lowest BCUT2D eigenvalue weighted by Gasteiger charge is -2.28. The Kier molecular flexibility index (Phi) is 15.1. The number of nitro groups is 1. The lowest BCUT2D eigenvalue weighted by molar-refractivity contribution is -0.384. The fourth-order valence-corrected chi connectivity index (χ4v) is 9.87. The highest BCUT2D eigenvalue weighted by Gasteiger charge is 2.37. The van der Waals surface area contributed by atoms with E-state index in [-0.39, 0.29) is 116 Å². The van der Waals surface area contributed by atoms with E-state index < -0.39 is 52.2 Å². The van der Waals surface area contributed by atoms with Crippen LogP contribution < -0.4 is 26.2 Å². The molecule has 0 aromatic heterocycles. The summed E-state index contributed by atoms with van der Waals surface area (Å²) in [6, 6.07) is 27.3. The maximum Gasteiger partial charge on any atom is 0.270 e. The largest absolute Gasteiger partial charge is 0.351 e. The number of benzene rings is 7. The molecule has 8 amide bonds. The summed E-state index contributed by atoms with van der Waals surface area (Å²) in [5.41, 5.74) is 0.651. The van der Waals surface area contributed by atoms with E-state index in [4.69, 9.17) is 23.2 Å². The fourth-order valence-electron chi connectivity index (χ4n) is 9.43. The Labute approximate surface area is 442 Å². The van der Waals surface area contributed by atoms with E-state index >= 15 is 0 Å². The van der Waals surface area contributed by atoms with Gasteiger partial charge in [-0.1, -0.05) is 59.6 Å². The summed E-state index contributed by atoms with van der Waals surface area (Å²) in [7, 11) is 0. The van der Waals surface area contributed by atoms with Crippen LogP contribution in [0.25, 0.3) is 32.3 Å². The number of carbonyl (C=O) groups is 8. The van der Waals surface area contributed by atoms with Gasteiger partial charge in [0.2, 0.25) is 0 Å². The number of anilines is 1. The standard InChI is InChI=1S/C52H38Cl2N8O10.2ClH/c53-40-12-10-37-43-32(40)5-2-8-35(43)47(65)59(49(37)67)20-18-55-14-16-57-45(63)28-22-29(25-30(24-28)61-51(69)34-7-1-4-27-23-31(62(71)72)26-39(42(27)34)52(61)70)46(64)58-17-15-56-19-21-60-48(66)36-9-3-6-33-41(54)13-11-38(44(33)36)50(60)68;;/h1-13,22-26,55-56H,14-21H2,(H,57,63)(H,58,64);2*1H. The molecule has 0 spiro atoms. The van der Waals surface area contributed by atoms with Gasteiger partial charge in [0.15, 0.2) is 0 Å². The summed E-state index contributed by atoms with van der Waals surface area (Å²) in [6.07, 6.45) is 0. The van der Waals surface area contributed by atoms with Crippen molar-refractivity contribution in [2.24, 2.45) is 0 Å². The molecular formula is C52H40Cl4N8O10. The van der Waals surface area contributed by atoms with Crippen LogP contribution in [0.5, 0.6) is 0 Å². The van der Waals surface area contributed by atoms with Crippen molar-refractivity contribution in [3.05, 3.63) is 174 Å². The Morgan fingerprint density at radius 1 is 0.486 bits per heavy atom. The highest BCUT2D eigenvalue weighted by atomic mass is 35.5. The van der Waals surface area contributed by atoms with Crippen LogP contribution in [0.3, 0.4) is 0 Å². The van der Waals surface area contributed by atoms with Crippen LogP contribution in [0, 0.1) is 10.1 Å². The van der Waals surface area contributed by atoms with Crippen LogP contribution in [0.2, 0.25) is 10.0 Å². The van der Waals surface area contributed by atoms with E-state index in [1.807, 2.05) is 0 Å². The van der Waals surface area contributed by atoms with E-state index in [1.54, 1.807) is 66.7 Å². The summed E-state index contributed by atoms with van der Waals surface area (Å²) >= 11 is 12.7. The van der Waals surface area contributed by atoms with Crippen molar-refractivity contribution in [3.63, 3.8) is 0 Å². The number of carbonyl (C=O) groups excluding carboxylic acids is 8. The number of nitrogens with one attached hydrogen (secondary N) is 4. The number of hydrogen-bond acceptors (Lipinski definition) is 12. The number of amides is 8. The lowest BCUT2D eigenvalue weighted by Crippen LogP contribution is -2.44. The molecule has 10 rings (SSSR count). The Hall–Kier alpha value is -7.84. The zero-order valence-corrected chi connectivity index (χ0v) is 41.6. The molecule has 0 unspecified atom stereocenters. The third kappa shape index (κ3) is 9.27. The van der Waals surface area contributed by atoms with Gasteiger partial charge in [0.1, 0.15) is 0 Å². The first-order valence-electron chi connectivity index (χ1n) is 22.6. The van der Waals surface area contributed by atoms with Gasteiger partial charge in [-0.3, -0.25) is 58.3 Å². The minimum atomic E-state index is -0.908. The number of non-ortho nitro benzene ring substituents is 1. The van der Waals surface area contributed by atoms with Gasteiger partial charge in [0.05, 0.1) is 16.2 Å². The number of nitrogens with zero attached hydrogens (tertiary/aromatic N) is 4. The molecule has 0 fully saturated rings. The molecule has 7 aromatic carbocycles. The molecule has 74 heavy (non-hydrogen) atoms. The van der Waals surface area contributed by atoms with Crippen molar-refractivity contribution in [1.82, 2.24) is 31.1 Å². The summed E-state index contributed by atoms with van der Waals surface area (Å²) in [4.78, 5) is 124. The second-order valence-electron chi connectivity index (χ2n) is 17.1. The van der Waals surface area contributed by atoms with Crippen LogP contribution in [0.4, 0.5) is 11.4 Å². The monoisotopic (exact) mass is 1080 g/mol. The van der Waals surface area contributed by atoms with Gasteiger partial charge in [-0.2, -0.15) is 0 Å². The topological polar surface area (TPSA) is 238 Å². The average molecular weight is 1080 g/mol. The Morgan fingerprint density at radius 2 is 0.919 bits per heavy atom. The van der Waals surface area contributed by atoms with Gasteiger partial charge in [-0.05, 0) is 66.0 Å². The lowest BCUT2D eigenvalue weighted by atomic mass is 9.92. The van der Waals surface area contributed by atoms with Crippen molar-refractivity contribution in [3.8, 4) is 0 Å². The third-order valence-electron chi connectivity index (χ3n) is 12.8. The Bertz CT molecular complexity index is 3400. The van der Waals surface area contributed by atoms with Crippen LogP contribution in [0.1, 0.15) is 82.9 Å². The zero-order chi connectivity index (χ0) is 50.5. The highest BCUT2D eigenvalue weighted by molar-refractivity contribution is 6.39. The summed E-state index contributed by atoms with van der Waals surface area (Å²) < 4.78 is 0. The predicted molar refractivity (Wildman–Crippen MR) is 282 cm³/mol. The summed E-state index contributed by atoms with van der Waals surface area (Å²) in [6.45, 7) is 0.852. The molecule has 7 aromatic rings. The second-order valence-corrected chi connectivity index (χ2v) is 17.9. The number of halogens is 4. The molecule has 3 aliphatic heterocycles. The number of nitro benzene ring substituents is 1. The SMILES string of the molecule is Cl.Cl.O=C(NCCNCCN1C(=O)c2cccc3c(Cl)ccc(c23)C1=O)c1cc(C(=O)NCCNCCN2C(=O)c3cccc4c(Cl)ccc(c34)C2=O)cc(N2C(=O)c3cccc4cc([N+](=O)[O-])cc(c34)C2=O)c1. The van der Waals surface area contributed by atoms with Crippen molar-refractivity contribution < 1.29 is 43.3 Å². The summed E-state index contributed by atoms with van der Waals surface area (Å²) in [5.74, 6) is -4.91. The molecule has 18 nitrogen and oxygen atoms in total. The minimum absolute atomic E-state index is 0. The first kappa shape index (κ1) is 52.5. The van der Waals surface area contributed by atoms with Crippen LogP contribution >= 0.6 is 48.0 Å². The molecular weight excluding hydrogens is 1040 g/mol. The van der Waals surface area contributed by atoms with Crippen LogP contribution in [-0.2, 0) is 0 Å². The predicted octanol–water partition coefficient (Wildman–Crippen LogP) is 7.24. The van der Waals surface area contributed by atoms with Crippen molar-refractivity contribution in [1.29, 1.82) is 0 Å². The Morgan fingerprint density at radius 3 is 1.39 bits per heavy atom. The number of hydrogen-bond donors (Lipinski definition) is 4. The van der Waals surface area contributed by atoms with Crippen LogP contribution in [-0.4, -0.2) is 114 Å². The minimum Gasteiger partial charge on any atom is -0.351 e.